The molecule has 2 amide bonds. The third-order valence-corrected chi connectivity index (χ3v) is 5.45. The lowest BCUT2D eigenvalue weighted by Crippen LogP contribution is -2.45. The Morgan fingerprint density at radius 2 is 1.70 bits per heavy atom. The SMILES string of the molecule is CN(C)c1ccc([C@@H](CNC(=O)C(=O)NCCO)N2CCc3ccccc3C2)cc1. The highest BCUT2D eigenvalue weighted by molar-refractivity contribution is 6.35. The molecular formula is C23H30N4O3. The third kappa shape index (κ3) is 5.37. The van der Waals surface area contributed by atoms with Crippen molar-refractivity contribution >= 4 is 17.5 Å². The normalized spacial score (nSPS) is 14.5. The third-order valence-electron chi connectivity index (χ3n) is 5.45. The van der Waals surface area contributed by atoms with Gasteiger partial charge < -0.3 is 20.6 Å². The summed E-state index contributed by atoms with van der Waals surface area (Å²) in [7, 11) is 4.00. The van der Waals surface area contributed by atoms with Gasteiger partial charge in [0.05, 0.1) is 12.6 Å². The standard InChI is InChI=1S/C23H30N4O3/c1-26(2)20-9-7-18(8-10-20)21(15-25-23(30)22(29)24-12-14-28)27-13-11-17-5-3-4-6-19(17)16-27/h3-10,21,28H,11-16H2,1-2H3,(H,24,29)(H,25,30)/t21-/m1/s1. The molecule has 2 aromatic rings. The van der Waals surface area contributed by atoms with Crippen molar-refractivity contribution in [3.63, 3.8) is 0 Å². The van der Waals surface area contributed by atoms with Gasteiger partial charge in [0.2, 0.25) is 0 Å². The van der Waals surface area contributed by atoms with E-state index >= 15 is 0 Å². The molecule has 3 rings (SSSR count). The van der Waals surface area contributed by atoms with Crippen molar-refractivity contribution < 1.29 is 14.7 Å². The molecule has 0 saturated heterocycles. The number of carbonyl (C=O) groups is 2. The van der Waals surface area contributed by atoms with Crippen molar-refractivity contribution in [3.05, 3.63) is 65.2 Å². The Kier molecular flexibility index (Phi) is 7.43. The molecule has 0 unspecified atom stereocenters. The fourth-order valence-electron chi connectivity index (χ4n) is 3.76. The number of rotatable bonds is 7. The van der Waals surface area contributed by atoms with Crippen LogP contribution in [-0.2, 0) is 22.6 Å². The number of aliphatic hydroxyl groups is 1. The summed E-state index contributed by atoms with van der Waals surface area (Å²) in [5.74, 6) is -1.41. The highest BCUT2D eigenvalue weighted by atomic mass is 16.3. The molecule has 3 N–H and O–H groups in total. The summed E-state index contributed by atoms with van der Waals surface area (Å²) < 4.78 is 0. The zero-order valence-electron chi connectivity index (χ0n) is 17.6. The van der Waals surface area contributed by atoms with Crippen LogP contribution in [0, 0.1) is 0 Å². The minimum Gasteiger partial charge on any atom is -0.395 e. The zero-order chi connectivity index (χ0) is 21.5. The van der Waals surface area contributed by atoms with Gasteiger partial charge in [-0.15, -0.1) is 0 Å². The van der Waals surface area contributed by atoms with Gasteiger partial charge in [-0.05, 0) is 35.2 Å². The number of nitrogens with zero attached hydrogens (tertiary/aromatic N) is 2. The van der Waals surface area contributed by atoms with Gasteiger partial charge in [0.1, 0.15) is 0 Å². The van der Waals surface area contributed by atoms with E-state index in [2.05, 4.69) is 64.1 Å². The van der Waals surface area contributed by atoms with Crippen molar-refractivity contribution in [1.29, 1.82) is 0 Å². The maximum Gasteiger partial charge on any atom is 0.309 e. The van der Waals surface area contributed by atoms with E-state index in [1.54, 1.807) is 0 Å². The van der Waals surface area contributed by atoms with Crippen molar-refractivity contribution in [1.82, 2.24) is 15.5 Å². The lowest BCUT2D eigenvalue weighted by atomic mass is 9.96. The second-order valence-electron chi connectivity index (χ2n) is 7.68. The van der Waals surface area contributed by atoms with Gasteiger partial charge in [-0.25, -0.2) is 0 Å². The molecule has 0 radical (unpaired) electrons. The van der Waals surface area contributed by atoms with Crippen LogP contribution in [0.4, 0.5) is 5.69 Å². The number of hydrogen-bond acceptors (Lipinski definition) is 5. The summed E-state index contributed by atoms with van der Waals surface area (Å²) in [6.07, 6.45) is 0.952. The van der Waals surface area contributed by atoms with Crippen LogP contribution in [0.25, 0.3) is 0 Å². The lowest BCUT2D eigenvalue weighted by molar-refractivity contribution is -0.139. The van der Waals surface area contributed by atoms with Crippen molar-refractivity contribution in [2.75, 3.05) is 45.2 Å². The molecule has 0 fully saturated rings. The van der Waals surface area contributed by atoms with Crippen LogP contribution in [0.2, 0.25) is 0 Å². The number of nitrogens with one attached hydrogen (secondary N) is 2. The van der Waals surface area contributed by atoms with Crippen LogP contribution in [0.5, 0.6) is 0 Å². The number of fused-ring (bicyclic) bond motifs is 1. The maximum atomic E-state index is 12.2. The second kappa shape index (κ2) is 10.2. The van der Waals surface area contributed by atoms with Gasteiger partial charge >= 0.3 is 11.8 Å². The number of aliphatic hydroxyl groups excluding tert-OH is 1. The minimum atomic E-state index is -0.727. The molecule has 1 aliphatic heterocycles. The van der Waals surface area contributed by atoms with Crippen molar-refractivity contribution in [2.45, 2.75) is 19.0 Å². The Balaban J connectivity index is 1.77. The fraction of sp³-hybridized carbons (Fsp3) is 0.391. The molecule has 1 heterocycles. The Labute approximate surface area is 177 Å². The fourth-order valence-corrected chi connectivity index (χ4v) is 3.76. The van der Waals surface area contributed by atoms with Gasteiger partial charge in [0.15, 0.2) is 0 Å². The Morgan fingerprint density at radius 3 is 2.37 bits per heavy atom. The van der Waals surface area contributed by atoms with Gasteiger partial charge in [-0.2, -0.15) is 0 Å². The predicted molar refractivity (Wildman–Crippen MR) is 117 cm³/mol. The van der Waals surface area contributed by atoms with Crippen LogP contribution < -0.4 is 15.5 Å². The molecule has 0 spiro atoms. The van der Waals surface area contributed by atoms with E-state index in [0.717, 1.165) is 30.8 Å². The Hall–Kier alpha value is -2.90. The first kappa shape index (κ1) is 21.8. The molecule has 7 nitrogen and oxygen atoms in total. The summed E-state index contributed by atoms with van der Waals surface area (Å²) >= 11 is 0. The number of amides is 2. The first-order chi connectivity index (χ1) is 14.5. The molecule has 2 aromatic carbocycles. The van der Waals surface area contributed by atoms with Gasteiger partial charge in [0, 0.05) is 46.0 Å². The van der Waals surface area contributed by atoms with Crippen molar-refractivity contribution in [2.24, 2.45) is 0 Å². The van der Waals surface area contributed by atoms with E-state index < -0.39 is 11.8 Å². The summed E-state index contributed by atoms with van der Waals surface area (Å²) in [5, 5.41) is 14.0. The monoisotopic (exact) mass is 410 g/mol. The molecule has 30 heavy (non-hydrogen) atoms. The topological polar surface area (TPSA) is 84.9 Å². The summed E-state index contributed by atoms with van der Waals surface area (Å²) in [5.41, 5.74) is 4.86. The van der Waals surface area contributed by atoms with E-state index in [9.17, 15) is 9.59 Å². The van der Waals surface area contributed by atoms with Crippen LogP contribution in [-0.4, -0.2) is 62.2 Å². The molecule has 7 heteroatoms. The second-order valence-corrected chi connectivity index (χ2v) is 7.68. The number of anilines is 1. The van der Waals surface area contributed by atoms with E-state index in [0.29, 0.717) is 6.54 Å². The van der Waals surface area contributed by atoms with E-state index in [4.69, 9.17) is 5.11 Å². The van der Waals surface area contributed by atoms with Crippen LogP contribution in [0.1, 0.15) is 22.7 Å². The average Bonchev–Trinajstić information content (AvgIpc) is 2.77. The Bertz CT molecular complexity index is 867. The molecule has 1 atom stereocenters. The molecule has 0 aromatic heterocycles. The highest BCUT2D eigenvalue weighted by Gasteiger charge is 2.26. The quantitative estimate of drug-likeness (QED) is 0.595. The van der Waals surface area contributed by atoms with Crippen molar-refractivity contribution in [3.8, 4) is 0 Å². The molecule has 0 saturated carbocycles. The van der Waals surface area contributed by atoms with Gasteiger partial charge in [0.25, 0.3) is 0 Å². The smallest absolute Gasteiger partial charge is 0.309 e. The predicted octanol–water partition coefficient (Wildman–Crippen LogP) is 1.08. The van der Waals surface area contributed by atoms with E-state index in [-0.39, 0.29) is 19.2 Å². The minimum absolute atomic E-state index is 0.0517. The molecule has 0 aliphatic carbocycles. The number of benzene rings is 2. The van der Waals surface area contributed by atoms with Gasteiger partial charge in [-0.1, -0.05) is 36.4 Å². The molecule has 160 valence electrons. The summed E-state index contributed by atoms with van der Waals surface area (Å²) in [6.45, 7) is 1.86. The highest BCUT2D eigenvalue weighted by Crippen LogP contribution is 2.28. The average molecular weight is 411 g/mol. The number of hydrogen-bond donors (Lipinski definition) is 3. The first-order valence-corrected chi connectivity index (χ1v) is 10.2. The summed E-state index contributed by atoms with van der Waals surface area (Å²) in [6, 6.07) is 16.7. The van der Waals surface area contributed by atoms with E-state index in [1.807, 2.05) is 19.0 Å². The molecular weight excluding hydrogens is 380 g/mol. The van der Waals surface area contributed by atoms with Gasteiger partial charge in [-0.3, -0.25) is 14.5 Å². The maximum absolute atomic E-state index is 12.2. The van der Waals surface area contributed by atoms with Crippen LogP contribution in [0.15, 0.2) is 48.5 Å². The Morgan fingerprint density at radius 1 is 1.03 bits per heavy atom. The number of carbonyl (C=O) groups excluding carboxylic acids is 2. The molecule has 0 bridgehead atoms. The zero-order valence-corrected chi connectivity index (χ0v) is 17.6. The lowest BCUT2D eigenvalue weighted by Gasteiger charge is -2.36. The van der Waals surface area contributed by atoms with E-state index in [1.165, 1.54) is 11.1 Å². The largest absolute Gasteiger partial charge is 0.395 e. The molecule has 1 aliphatic rings. The summed E-state index contributed by atoms with van der Waals surface area (Å²) in [4.78, 5) is 28.4. The van der Waals surface area contributed by atoms with Crippen LogP contribution in [0.3, 0.4) is 0 Å². The first-order valence-electron chi connectivity index (χ1n) is 10.2. The van der Waals surface area contributed by atoms with Crippen LogP contribution >= 0.6 is 0 Å².